The summed E-state index contributed by atoms with van der Waals surface area (Å²) in [6.07, 6.45) is 0.447. The lowest BCUT2D eigenvalue weighted by Crippen LogP contribution is -2.09. The van der Waals surface area contributed by atoms with Gasteiger partial charge in [-0.1, -0.05) is 18.5 Å². The highest BCUT2D eigenvalue weighted by Gasteiger charge is 2.00. The van der Waals surface area contributed by atoms with Crippen LogP contribution in [0.15, 0.2) is 18.2 Å². The van der Waals surface area contributed by atoms with E-state index < -0.39 is 0 Å². The molecule has 1 amide bonds. The second kappa shape index (κ2) is 4.14. The first-order valence-electron chi connectivity index (χ1n) is 3.98. The first kappa shape index (κ1) is 9.86. The van der Waals surface area contributed by atoms with Gasteiger partial charge in [0.05, 0.1) is 10.7 Å². The summed E-state index contributed by atoms with van der Waals surface area (Å²) < 4.78 is 0. The number of anilines is 2. The lowest BCUT2D eigenvalue weighted by atomic mass is 10.2. The fourth-order valence-corrected chi connectivity index (χ4v) is 0.988. The normalized spacial score (nSPS) is 9.69. The van der Waals surface area contributed by atoms with Gasteiger partial charge in [0.1, 0.15) is 0 Å². The molecular formula is C9H11ClN2O. The number of amides is 1. The highest BCUT2D eigenvalue weighted by Crippen LogP contribution is 2.22. The molecule has 0 unspecified atom stereocenters. The summed E-state index contributed by atoms with van der Waals surface area (Å²) in [5.41, 5.74) is 6.70. The van der Waals surface area contributed by atoms with Crippen molar-refractivity contribution in [3.05, 3.63) is 23.2 Å². The van der Waals surface area contributed by atoms with Crippen LogP contribution in [0, 0.1) is 0 Å². The molecule has 0 saturated heterocycles. The van der Waals surface area contributed by atoms with E-state index in [-0.39, 0.29) is 5.91 Å². The summed E-state index contributed by atoms with van der Waals surface area (Å²) in [6, 6.07) is 5.00. The van der Waals surface area contributed by atoms with E-state index in [1.165, 1.54) is 0 Å². The maximum Gasteiger partial charge on any atom is 0.224 e. The van der Waals surface area contributed by atoms with Crippen LogP contribution in [-0.4, -0.2) is 5.91 Å². The minimum absolute atomic E-state index is 0.0401. The monoisotopic (exact) mass is 198 g/mol. The predicted molar refractivity (Wildman–Crippen MR) is 54.8 cm³/mol. The molecule has 0 heterocycles. The van der Waals surface area contributed by atoms with E-state index in [2.05, 4.69) is 5.32 Å². The molecule has 3 nitrogen and oxygen atoms in total. The summed E-state index contributed by atoms with van der Waals surface area (Å²) >= 11 is 5.71. The molecule has 0 fully saturated rings. The average Bonchev–Trinajstić information content (AvgIpc) is 2.11. The van der Waals surface area contributed by atoms with Crippen LogP contribution in [-0.2, 0) is 4.79 Å². The number of carbonyl (C=O) groups is 1. The molecule has 0 aliphatic rings. The molecular weight excluding hydrogens is 188 g/mol. The van der Waals surface area contributed by atoms with Crippen LogP contribution in [0.5, 0.6) is 0 Å². The number of halogens is 1. The van der Waals surface area contributed by atoms with Crippen molar-refractivity contribution in [2.75, 3.05) is 11.1 Å². The number of nitrogens with two attached hydrogens (primary N) is 1. The van der Waals surface area contributed by atoms with E-state index >= 15 is 0 Å². The Hall–Kier alpha value is -1.22. The number of hydrogen-bond donors (Lipinski definition) is 2. The summed E-state index contributed by atoms with van der Waals surface area (Å²) in [5, 5.41) is 3.18. The Morgan fingerprint density at radius 2 is 2.31 bits per heavy atom. The van der Waals surface area contributed by atoms with E-state index in [0.717, 1.165) is 0 Å². The molecule has 0 bridgehead atoms. The fourth-order valence-electron chi connectivity index (χ4n) is 0.871. The molecule has 1 rings (SSSR count). The summed E-state index contributed by atoms with van der Waals surface area (Å²) in [6.45, 7) is 1.79. The largest absolute Gasteiger partial charge is 0.397 e. The lowest BCUT2D eigenvalue weighted by molar-refractivity contribution is -0.115. The molecule has 1 aromatic rings. The standard InChI is InChI=1S/C9H11ClN2O/c1-2-9(13)12-6-3-4-7(10)8(11)5-6/h3-5H,2,11H2,1H3,(H,12,13). The van der Waals surface area contributed by atoms with Crippen molar-refractivity contribution in [2.45, 2.75) is 13.3 Å². The third-order valence-electron chi connectivity index (χ3n) is 1.60. The van der Waals surface area contributed by atoms with E-state index in [0.29, 0.717) is 22.8 Å². The van der Waals surface area contributed by atoms with Crippen molar-refractivity contribution in [3.8, 4) is 0 Å². The van der Waals surface area contributed by atoms with Gasteiger partial charge in [-0.2, -0.15) is 0 Å². The van der Waals surface area contributed by atoms with E-state index in [1.54, 1.807) is 25.1 Å². The van der Waals surface area contributed by atoms with Gasteiger partial charge in [0.25, 0.3) is 0 Å². The molecule has 0 spiro atoms. The average molecular weight is 199 g/mol. The molecule has 70 valence electrons. The number of benzene rings is 1. The molecule has 0 aliphatic carbocycles. The Morgan fingerprint density at radius 1 is 1.62 bits per heavy atom. The van der Waals surface area contributed by atoms with Crippen LogP contribution in [0.4, 0.5) is 11.4 Å². The summed E-state index contributed by atoms with van der Waals surface area (Å²) in [5.74, 6) is -0.0401. The van der Waals surface area contributed by atoms with Crippen LogP contribution in [0.25, 0.3) is 0 Å². The molecule has 0 radical (unpaired) electrons. The SMILES string of the molecule is CCC(=O)Nc1ccc(Cl)c(N)c1. The summed E-state index contributed by atoms with van der Waals surface area (Å²) in [4.78, 5) is 11.0. The van der Waals surface area contributed by atoms with Crippen LogP contribution in [0.1, 0.15) is 13.3 Å². The Bertz CT molecular complexity index is 325. The highest BCUT2D eigenvalue weighted by molar-refractivity contribution is 6.33. The fraction of sp³-hybridized carbons (Fsp3) is 0.222. The predicted octanol–water partition coefficient (Wildman–Crippen LogP) is 2.27. The molecule has 4 heteroatoms. The van der Waals surface area contributed by atoms with Gasteiger partial charge in [0.2, 0.25) is 5.91 Å². The molecule has 3 N–H and O–H groups in total. The number of carbonyl (C=O) groups excluding carboxylic acids is 1. The highest BCUT2D eigenvalue weighted by atomic mass is 35.5. The van der Waals surface area contributed by atoms with Gasteiger partial charge >= 0.3 is 0 Å². The zero-order valence-corrected chi connectivity index (χ0v) is 8.06. The Morgan fingerprint density at radius 3 is 2.85 bits per heavy atom. The lowest BCUT2D eigenvalue weighted by Gasteiger charge is -2.04. The minimum Gasteiger partial charge on any atom is -0.397 e. The van der Waals surface area contributed by atoms with Gasteiger partial charge in [0.15, 0.2) is 0 Å². The third-order valence-corrected chi connectivity index (χ3v) is 1.95. The quantitative estimate of drug-likeness (QED) is 0.717. The van der Waals surface area contributed by atoms with E-state index in [9.17, 15) is 4.79 Å². The number of nitrogen functional groups attached to an aromatic ring is 1. The van der Waals surface area contributed by atoms with Crippen molar-refractivity contribution in [3.63, 3.8) is 0 Å². The van der Waals surface area contributed by atoms with Crippen LogP contribution in [0.2, 0.25) is 5.02 Å². The maximum absolute atomic E-state index is 11.0. The Labute approximate surface area is 81.9 Å². The van der Waals surface area contributed by atoms with Crippen molar-refractivity contribution in [2.24, 2.45) is 0 Å². The van der Waals surface area contributed by atoms with Gasteiger partial charge in [-0.25, -0.2) is 0 Å². The minimum atomic E-state index is -0.0401. The zero-order chi connectivity index (χ0) is 9.84. The number of nitrogens with one attached hydrogen (secondary N) is 1. The molecule has 0 atom stereocenters. The van der Waals surface area contributed by atoms with Gasteiger partial charge in [-0.15, -0.1) is 0 Å². The zero-order valence-electron chi connectivity index (χ0n) is 7.30. The van der Waals surface area contributed by atoms with Crippen LogP contribution < -0.4 is 11.1 Å². The number of hydrogen-bond acceptors (Lipinski definition) is 2. The second-order valence-corrected chi connectivity index (χ2v) is 3.05. The van der Waals surface area contributed by atoms with Crippen molar-refractivity contribution >= 4 is 28.9 Å². The second-order valence-electron chi connectivity index (χ2n) is 2.64. The van der Waals surface area contributed by atoms with E-state index in [1.807, 2.05) is 0 Å². The maximum atomic E-state index is 11.0. The van der Waals surface area contributed by atoms with Crippen molar-refractivity contribution in [1.29, 1.82) is 0 Å². The van der Waals surface area contributed by atoms with Crippen molar-refractivity contribution < 1.29 is 4.79 Å². The molecule has 13 heavy (non-hydrogen) atoms. The Kier molecular flexibility index (Phi) is 3.14. The van der Waals surface area contributed by atoms with E-state index in [4.69, 9.17) is 17.3 Å². The smallest absolute Gasteiger partial charge is 0.224 e. The first-order valence-corrected chi connectivity index (χ1v) is 4.36. The number of rotatable bonds is 2. The first-order chi connectivity index (χ1) is 6.13. The third kappa shape index (κ3) is 2.63. The topological polar surface area (TPSA) is 55.1 Å². The molecule has 0 aliphatic heterocycles. The molecule has 1 aromatic carbocycles. The van der Waals surface area contributed by atoms with Crippen molar-refractivity contribution in [1.82, 2.24) is 0 Å². The molecule has 0 aromatic heterocycles. The molecule has 0 saturated carbocycles. The van der Waals surface area contributed by atoms with Crippen LogP contribution in [0.3, 0.4) is 0 Å². The van der Waals surface area contributed by atoms with Gasteiger partial charge in [-0.05, 0) is 18.2 Å². The van der Waals surface area contributed by atoms with Crippen LogP contribution >= 0.6 is 11.6 Å². The summed E-state index contributed by atoms with van der Waals surface area (Å²) in [7, 11) is 0. The van der Waals surface area contributed by atoms with Gasteiger partial charge < -0.3 is 11.1 Å². The Balaban J connectivity index is 2.79. The van der Waals surface area contributed by atoms with Gasteiger partial charge in [-0.3, -0.25) is 4.79 Å². The van der Waals surface area contributed by atoms with Gasteiger partial charge in [0, 0.05) is 12.1 Å².